The third kappa shape index (κ3) is 6.83. The fourth-order valence-electron chi connectivity index (χ4n) is 2.38. The second kappa shape index (κ2) is 9.65. The number of halogens is 3. The molecule has 2 aromatic rings. The normalized spacial score (nSPS) is 11.6. The van der Waals surface area contributed by atoms with Gasteiger partial charge in [0.2, 0.25) is 0 Å². The summed E-state index contributed by atoms with van der Waals surface area (Å²) < 4.78 is 42.3. The third-order valence-corrected chi connectivity index (χ3v) is 3.83. The molecule has 0 spiro atoms. The SMILES string of the molecule is CN=C(NCc1ccc(C#N)cc1)NCc1ccc(C)cc1OCC(F)(F)F. The number of aliphatic imine (C=N–C) groups is 1. The molecule has 2 rings (SSSR count). The highest BCUT2D eigenvalue weighted by atomic mass is 19.4. The highest BCUT2D eigenvalue weighted by Crippen LogP contribution is 2.23. The molecule has 0 fully saturated rings. The van der Waals surface area contributed by atoms with Crippen molar-refractivity contribution >= 4 is 5.96 Å². The van der Waals surface area contributed by atoms with Crippen LogP contribution in [-0.2, 0) is 13.1 Å². The Morgan fingerprint density at radius 1 is 1.11 bits per heavy atom. The first-order valence-electron chi connectivity index (χ1n) is 8.53. The molecule has 148 valence electrons. The zero-order valence-electron chi connectivity index (χ0n) is 15.6. The van der Waals surface area contributed by atoms with Crippen LogP contribution in [0.15, 0.2) is 47.5 Å². The molecule has 0 aliphatic carbocycles. The Morgan fingerprint density at radius 3 is 2.39 bits per heavy atom. The predicted molar refractivity (Wildman–Crippen MR) is 101 cm³/mol. The van der Waals surface area contributed by atoms with Crippen LogP contribution in [0.5, 0.6) is 5.75 Å². The average molecular weight is 390 g/mol. The van der Waals surface area contributed by atoms with E-state index in [9.17, 15) is 13.2 Å². The summed E-state index contributed by atoms with van der Waals surface area (Å²) in [5.74, 6) is 0.680. The Bertz CT molecular complexity index is 855. The van der Waals surface area contributed by atoms with Crippen LogP contribution < -0.4 is 15.4 Å². The van der Waals surface area contributed by atoms with Crippen LogP contribution in [0.4, 0.5) is 13.2 Å². The number of hydrogen-bond acceptors (Lipinski definition) is 3. The first-order chi connectivity index (χ1) is 13.3. The van der Waals surface area contributed by atoms with Gasteiger partial charge >= 0.3 is 6.18 Å². The van der Waals surface area contributed by atoms with Crippen LogP contribution in [0.25, 0.3) is 0 Å². The van der Waals surface area contributed by atoms with Gasteiger partial charge in [-0.05, 0) is 36.2 Å². The molecule has 5 nitrogen and oxygen atoms in total. The molecule has 8 heteroatoms. The summed E-state index contributed by atoms with van der Waals surface area (Å²) >= 11 is 0. The maximum absolute atomic E-state index is 12.5. The number of guanidine groups is 1. The van der Waals surface area contributed by atoms with Crippen molar-refractivity contribution in [2.24, 2.45) is 4.99 Å². The first kappa shape index (κ1) is 21.1. The smallest absolute Gasteiger partial charge is 0.422 e. The molecule has 0 aliphatic heterocycles. The van der Waals surface area contributed by atoms with Crippen molar-refractivity contribution in [3.8, 4) is 11.8 Å². The summed E-state index contributed by atoms with van der Waals surface area (Å²) in [6.07, 6.45) is -4.40. The Kier molecular flexibility index (Phi) is 7.27. The number of alkyl halides is 3. The van der Waals surface area contributed by atoms with Gasteiger partial charge in [0.05, 0.1) is 11.6 Å². The molecule has 0 amide bonds. The molecule has 0 radical (unpaired) electrons. The fourth-order valence-corrected chi connectivity index (χ4v) is 2.38. The minimum atomic E-state index is -4.40. The number of benzene rings is 2. The van der Waals surface area contributed by atoms with Crippen LogP contribution in [0.2, 0.25) is 0 Å². The number of nitrogens with zero attached hydrogens (tertiary/aromatic N) is 2. The molecular weight excluding hydrogens is 369 g/mol. The van der Waals surface area contributed by atoms with E-state index in [1.807, 2.05) is 18.2 Å². The van der Waals surface area contributed by atoms with Crippen molar-refractivity contribution in [2.45, 2.75) is 26.2 Å². The maximum Gasteiger partial charge on any atom is 0.422 e. The minimum Gasteiger partial charge on any atom is -0.484 e. The van der Waals surface area contributed by atoms with Crippen LogP contribution in [0, 0.1) is 18.3 Å². The zero-order valence-corrected chi connectivity index (χ0v) is 15.6. The van der Waals surface area contributed by atoms with Crippen molar-refractivity contribution in [2.75, 3.05) is 13.7 Å². The molecule has 0 aromatic heterocycles. The van der Waals surface area contributed by atoms with E-state index >= 15 is 0 Å². The third-order valence-electron chi connectivity index (χ3n) is 3.83. The Balaban J connectivity index is 1.96. The number of ether oxygens (including phenoxy) is 1. The van der Waals surface area contributed by atoms with Crippen molar-refractivity contribution in [1.82, 2.24) is 10.6 Å². The van der Waals surface area contributed by atoms with Crippen LogP contribution in [0.3, 0.4) is 0 Å². The van der Waals surface area contributed by atoms with Gasteiger partial charge in [0.25, 0.3) is 0 Å². The molecule has 0 saturated carbocycles. The van der Waals surface area contributed by atoms with Crippen molar-refractivity contribution in [3.05, 3.63) is 64.7 Å². The summed E-state index contributed by atoms with van der Waals surface area (Å²) in [6.45, 7) is 1.18. The number of nitrogens with one attached hydrogen (secondary N) is 2. The zero-order chi connectivity index (χ0) is 20.6. The van der Waals surface area contributed by atoms with Gasteiger partial charge in [0, 0.05) is 25.7 Å². The van der Waals surface area contributed by atoms with Gasteiger partial charge in [-0.3, -0.25) is 4.99 Å². The summed E-state index contributed by atoms with van der Waals surface area (Å²) in [6, 6.07) is 14.3. The summed E-state index contributed by atoms with van der Waals surface area (Å²) in [5.41, 5.74) is 2.95. The molecule has 0 unspecified atom stereocenters. The fraction of sp³-hybridized carbons (Fsp3) is 0.300. The van der Waals surface area contributed by atoms with E-state index in [1.165, 1.54) is 0 Å². The maximum atomic E-state index is 12.5. The first-order valence-corrected chi connectivity index (χ1v) is 8.53. The largest absolute Gasteiger partial charge is 0.484 e. The molecule has 0 aliphatic rings. The lowest BCUT2D eigenvalue weighted by Crippen LogP contribution is -2.36. The van der Waals surface area contributed by atoms with Gasteiger partial charge in [-0.15, -0.1) is 0 Å². The van der Waals surface area contributed by atoms with Crippen molar-refractivity contribution < 1.29 is 17.9 Å². The van der Waals surface area contributed by atoms with E-state index in [-0.39, 0.29) is 12.3 Å². The molecule has 2 aromatic carbocycles. The summed E-state index contributed by atoms with van der Waals surface area (Å²) in [4.78, 5) is 4.11. The van der Waals surface area contributed by atoms with E-state index < -0.39 is 12.8 Å². The van der Waals surface area contributed by atoms with Gasteiger partial charge in [-0.1, -0.05) is 24.3 Å². The molecular formula is C20H21F3N4O. The summed E-state index contributed by atoms with van der Waals surface area (Å²) in [7, 11) is 1.60. The van der Waals surface area contributed by atoms with Crippen LogP contribution >= 0.6 is 0 Å². The number of aryl methyl sites for hydroxylation is 1. The second-order valence-corrected chi connectivity index (χ2v) is 6.10. The standard InChI is InChI=1S/C20H21F3N4O/c1-14-3-8-17(18(9-14)28-13-20(21,22)23)12-27-19(25-2)26-11-16-6-4-15(10-24)5-7-16/h3-9H,11-13H2,1-2H3,(H2,25,26,27). The molecule has 0 bridgehead atoms. The van der Waals surface area contributed by atoms with Gasteiger partial charge in [-0.2, -0.15) is 18.4 Å². The second-order valence-electron chi connectivity index (χ2n) is 6.10. The Morgan fingerprint density at radius 2 is 1.79 bits per heavy atom. The predicted octanol–water partition coefficient (Wildman–Crippen LogP) is 3.67. The number of hydrogen-bond donors (Lipinski definition) is 2. The highest BCUT2D eigenvalue weighted by molar-refractivity contribution is 5.79. The lowest BCUT2D eigenvalue weighted by atomic mass is 10.1. The van der Waals surface area contributed by atoms with Crippen molar-refractivity contribution in [1.29, 1.82) is 5.26 Å². The molecule has 0 atom stereocenters. The van der Waals surface area contributed by atoms with E-state index in [0.717, 1.165) is 11.1 Å². The van der Waals surface area contributed by atoms with Crippen LogP contribution in [-0.4, -0.2) is 25.8 Å². The van der Waals surface area contributed by atoms with E-state index in [0.29, 0.717) is 23.6 Å². The molecule has 28 heavy (non-hydrogen) atoms. The minimum absolute atomic E-state index is 0.187. The molecule has 2 N–H and O–H groups in total. The number of rotatable bonds is 6. The van der Waals surface area contributed by atoms with E-state index in [1.54, 1.807) is 38.2 Å². The van der Waals surface area contributed by atoms with Crippen LogP contribution in [0.1, 0.15) is 22.3 Å². The van der Waals surface area contributed by atoms with Gasteiger partial charge in [0.1, 0.15) is 5.75 Å². The topological polar surface area (TPSA) is 69.4 Å². The Labute approximate surface area is 161 Å². The molecule has 0 heterocycles. The van der Waals surface area contributed by atoms with E-state index in [2.05, 4.69) is 21.7 Å². The lowest BCUT2D eigenvalue weighted by molar-refractivity contribution is -0.153. The Hall–Kier alpha value is -3.21. The van der Waals surface area contributed by atoms with Crippen molar-refractivity contribution in [3.63, 3.8) is 0 Å². The highest BCUT2D eigenvalue weighted by Gasteiger charge is 2.28. The lowest BCUT2D eigenvalue weighted by Gasteiger charge is -2.16. The number of nitriles is 1. The average Bonchev–Trinajstić information content (AvgIpc) is 2.67. The monoisotopic (exact) mass is 390 g/mol. The van der Waals surface area contributed by atoms with Gasteiger partial charge in [0.15, 0.2) is 12.6 Å². The van der Waals surface area contributed by atoms with E-state index in [4.69, 9.17) is 10.00 Å². The van der Waals surface area contributed by atoms with Gasteiger partial charge < -0.3 is 15.4 Å². The molecule has 0 saturated heterocycles. The summed E-state index contributed by atoms with van der Waals surface area (Å²) in [5, 5.41) is 15.0. The van der Waals surface area contributed by atoms with Gasteiger partial charge in [-0.25, -0.2) is 0 Å². The quantitative estimate of drug-likeness (QED) is 0.583.